The number of hydrogen-bond acceptors (Lipinski definition) is 3. The van der Waals surface area contributed by atoms with E-state index in [0.29, 0.717) is 6.54 Å². The first-order valence-corrected chi connectivity index (χ1v) is 4.75. The Kier molecular flexibility index (Phi) is 2.54. The van der Waals surface area contributed by atoms with E-state index in [9.17, 15) is 4.79 Å². The molecule has 0 saturated carbocycles. The summed E-state index contributed by atoms with van der Waals surface area (Å²) in [4.78, 5) is 12.9. The fraction of sp³-hybridized carbons (Fsp3) is 0.500. The highest BCUT2D eigenvalue weighted by Crippen LogP contribution is 2.20. The number of carbonyl (C=O) groups is 1. The van der Waals surface area contributed by atoms with Gasteiger partial charge in [0, 0.05) is 12.1 Å². The lowest BCUT2D eigenvalue weighted by Gasteiger charge is -2.19. The van der Waals surface area contributed by atoms with Crippen LogP contribution >= 0.6 is 0 Å². The summed E-state index contributed by atoms with van der Waals surface area (Å²) in [6.07, 6.45) is 5.00. The molecule has 0 radical (unpaired) electrons. The summed E-state index contributed by atoms with van der Waals surface area (Å²) in [6, 6.07) is 1.56. The van der Waals surface area contributed by atoms with Gasteiger partial charge >= 0.3 is 5.97 Å². The zero-order chi connectivity index (χ0) is 9.97. The standard InChI is InChI=1S/C10H13NO3/c12-10(13)9-2-1-4-11(9)6-8-3-5-14-7-8/h3,5,7,9H,1-2,4,6H2,(H,12,13)/t9-/m0/s1. The Hall–Kier alpha value is -1.29. The van der Waals surface area contributed by atoms with Crippen LogP contribution in [0.25, 0.3) is 0 Å². The van der Waals surface area contributed by atoms with Gasteiger partial charge in [-0.15, -0.1) is 0 Å². The number of nitrogens with zero attached hydrogens (tertiary/aromatic N) is 1. The lowest BCUT2D eigenvalue weighted by atomic mass is 10.2. The van der Waals surface area contributed by atoms with Crippen molar-refractivity contribution in [2.24, 2.45) is 0 Å². The predicted octanol–water partition coefficient (Wildman–Crippen LogP) is 1.33. The van der Waals surface area contributed by atoms with Crippen LogP contribution in [0.5, 0.6) is 0 Å². The third kappa shape index (κ3) is 1.80. The van der Waals surface area contributed by atoms with Gasteiger partial charge in [-0.3, -0.25) is 9.69 Å². The van der Waals surface area contributed by atoms with Crippen LogP contribution in [0.4, 0.5) is 0 Å². The largest absolute Gasteiger partial charge is 0.480 e. The second kappa shape index (κ2) is 3.84. The Balaban J connectivity index is 2.00. The number of carboxylic acid groups (broad SMARTS) is 1. The first-order valence-electron chi connectivity index (χ1n) is 4.75. The van der Waals surface area contributed by atoms with E-state index in [1.54, 1.807) is 12.5 Å². The van der Waals surface area contributed by atoms with E-state index in [2.05, 4.69) is 0 Å². The van der Waals surface area contributed by atoms with E-state index in [1.807, 2.05) is 11.0 Å². The van der Waals surface area contributed by atoms with Gasteiger partial charge in [-0.2, -0.15) is 0 Å². The molecule has 1 N–H and O–H groups in total. The number of carboxylic acids is 1. The van der Waals surface area contributed by atoms with Crippen molar-refractivity contribution >= 4 is 5.97 Å². The molecule has 4 heteroatoms. The molecule has 76 valence electrons. The summed E-state index contributed by atoms with van der Waals surface area (Å²) >= 11 is 0. The maximum Gasteiger partial charge on any atom is 0.320 e. The first-order chi connectivity index (χ1) is 6.77. The second-order valence-electron chi connectivity index (χ2n) is 3.60. The third-order valence-corrected chi connectivity index (χ3v) is 2.61. The van der Waals surface area contributed by atoms with Crippen molar-refractivity contribution in [1.29, 1.82) is 0 Å². The zero-order valence-electron chi connectivity index (χ0n) is 7.85. The molecule has 4 nitrogen and oxygen atoms in total. The molecule has 1 fully saturated rings. The molecule has 1 aliphatic heterocycles. The van der Waals surface area contributed by atoms with E-state index in [1.165, 1.54) is 0 Å². The minimum Gasteiger partial charge on any atom is -0.480 e. The molecule has 0 bridgehead atoms. The van der Waals surface area contributed by atoms with Crippen LogP contribution in [0, 0.1) is 0 Å². The van der Waals surface area contributed by atoms with E-state index in [4.69, 9.17) is 9.52 Å². The molecule has 1 aromatic rings. The van der Waals surface area contributed by atoms with Gasteiger partial charge in [-0.1, -0.05) is 0 Å². The van der Waals surface area contributed by atoms with Gasteiger partial charge in [0.25, 0.3) is 0 Å². The Labute approximate surface area is 82.1 Å². The van der Waals surface area contributed by atoms with Gasteiger partial charge in [0.1, 0.15) is 6.04 Å². The second-order valence-corrected chi connectivity index (χ2v) is 3.60. The van der Waals surface area contributed by atoms with Crippen molar-refractivity contribution in [3.8, 4) is 0 Å². The topological polar surface area (TPSA) is 53.7 Å². The molecule has 2 rings (SSSR count). The quantitative estimate of drug-likeness (QED) is 0.790. The average molecular weight is 195 g/mol. The maximum atomic E-state index is 10.9. The van der Waals surface area contributed by atoms with Crippen LogP contribution in [0.1, 0.15) is 18.4 Å². The van der Waals surface area contributed by atoms with E-state index in [0.717, 1.165) is 24.9 Å². The van der Waals surface area contributed by atoms with Crippen molar-refractivity contribution in [3.05, 3.63) is 24.2 Å². The predicted molar refractivity (Wildman–Crippen MR) is 49.8 cm³/mol. The summed E-state index contributed by atoms with van der Waals surface area (Å²) in [5.74, 6) is -0.717. The van der Waals surface area contributed by atoms with Gasteiger partial charge in [0.2, 0.25) is 0 Å². The van der Waals surface area contributed by atoms with E-state index in [-0.39, 0.29) is 6.04 Å². The van der Waals surface area contributed by atoms with E-state index < -0.39 is 5.97 Å². The van der Waals surface area contributed by atoms with E-state index >= 15 is 0 Å². The lowest BCUT2D eigenvalue weighted by Crippen LogP contribution is -2.35. The highest BCUT2D eigenvalue weighted by Gasteiger charge is 2.30. The number of rotatable bonds is 3. The maximum absolute atomic E-state index is 10.9. The molecule has 14 heavy (non-hydrogen) atoms. The Morgan fingerprint density at radius 3 is 3.21 bits per heavy atom. The van der Waals surface area contributed by atoms with Crippen LogP contribution in [-0.4, -0.2) is 28.6 Å². The molecular formula is C10H13NO3. The normalized spacial score (nSPS) is 22.7. The lowest BCUT2D eigenvalue weighted by molar-refractivity contribution is -0.142. The third-order valence-electron chi connectivity index (χ3n) is 2.61. The van der Waals surface area contributed by atoms with Gasteiger partial charge < -0.3 is 9.52 Å². The molecule has 1 aromatic heterocycles. The summed E-state index contributed by atoms with van der Waals surface area (Å²) in [7, 11) is 0. The molecule has 1 saturated heterocycles. The SMILES string of the molecule is O=C(O)[C@@H]1CCCN1Cc1ccoc1. The molecule has 1 atom stereocenters. The number of furan rings is 1. The Bertz CT molecular complexity index is 307. The van der Waals surface area contributed by atoms with Crippen LogP contribution in [0.2, 0.25) is 0 Å². The molecule has 0 unspecified atom stereocenters. The molecule has 0 spiro atoms. The monoisotopic (exact) mass is 195 g/mol. The van der Waals surface area contributed by atoms with Crippen molar-refractivity contribution in [1.82, 2.24) is 4.90 Å². The van der Waals surface area contributed by atoms with Crippen molar-refractivity contribution in [2.45, 2.75) is 25.4 Å². The molecular weight excluding hydrogens is 182 g/mol. The summed E-state index contributed by atoms with van der Waals surface area (Å²) in [5, 5.41) is 8.95. The molecule has 2 heterocycles. The summed E-state index contributed by atoms with van der Waals surface area (Å²) in [5.41, 5.74) is 1.04. The highest BCUT2D eigenvalue weighted by atomic mass is 16.4. The number of aliphatic carboxylic acids is 1. The van der Waals surface area contributed by atoms with Crippen LogP contribution in [0.3, 0.4) is 0 Å². The average Bonchev–Trinajstić information content (AvgIpc) is 2.75. The number of likely N-dealkylation sites (tertiary alicyclic amines) is 1. The zero-order valence-corrected chi connectivity index (χ0v) is 7.85. The minimum absolute atomic E-state index is 0.315. The smallest absolute Gasteiger partial charge is 0.320 e. The fourth-order valence-corrected chi connectivity index (χ4v) is 1.91. The summed E-state index contributed by atoms with van der Waals surface area (Å²) in [6.45, 7) is 1.54. The van der Waals surface area contributed by atoms with Crippen molar-refractivity contribution in [3.63, 3.8) is 0 Å². The highest BCUT2D eigenvalue weighted by molar-refractivity contribution is 5.73. The van der Waals surface area contributed by atoms with Gasteiger partial charge in [-0.05, 0) is 25.5 Å². The molecule has 0 aromatic carbocycles. The molecule has 0 amide bonds. The molecule has 1 aliphatic rings. The Morgan fingerprint density at radius 1 is 1.71 bits per heavy atom. The van der Waals surface area contributed by atoms with Gasteiger partial charge in [0.15, 0.2) is 0 Å². The van der Waals surface area contributed by atoms with Crippen LogP contribution in [-0.2, 0) is 11.3 Å². The molecule has 0 aliphatic carbocycles. The van der Waals surface area contributed by atoms with Gasteiger partial charge in [0.05, 0.1) is 12.5 Å². The minimum atomic E-state index is -0.717. The van der Waals surface area contributed by atoms with Crippen LogP contribution < -0.4 is 0 Å². The Morgan fingerprint density at radius 2 is 2.57 bits per heavy atom. The summed E-state index contributed by atoms with van der Waals surface area (Å²) < 4.78 is 4.95. The van der Waals surface area contributed by atoms with Crippen molar-refractivity contribution < 1.29 is 14.3 Å². The fourth-order valence-electron chi connectivity index (χ4n) is 1.91. The van der Waals surface area contributed by atoms with Crippen molar-refractivity contribution in [2.75, 3.05) is 6.54 Å². The first kappa shape index (κ1) is 9.27. The number of hydrogen-bond donors (Lipinski definition) is 1. The van der Waals surface area contributed by atoms with Crippen LogP contribution in [0.15, 0.2) is 23.0 Å². The van der Waals surface area contributed by atoms with Gasteiger partial charge in [-0.25, -0.2) is 0 Å².